The first-order valence-corrected chi connectivity index (χ1v) is 5.30. The minimum Gasteiger partial charge on any atom is -0.495 e. The molecule has 0 heterocycles. The molecule has 0 radical (unpaired) electrons. The van der Waals surface area contributed by atoms with Gasteiger partial charge in [-0.05, 0) is 18.2 Å². The normalized spacial score (nSPS) is 12.7. The fourth-order valence-corrected chi connectivity index (χ4v) is 1.49. The SMILES string of the molecule is COc1ccc(NCC(C#N)C(F)(F)F)cc1Cl. The van der Waals surface area contributed by atoms with E-state index in [1.165, 1.54) is 31.4 Å². The van der Waals surface area contributed by atoms with Crippen LogP contribution in [0.5, 0.6) is 5.75 Å². The molecule has 0 aliphatic heterocycles. The van der Waals surface area contributed by atoms with Crippen LogP contribution in [0.1, 0.15) is 0 Å². The van der Waals surface area contributed by atoms with E-state index < -0.39 is 18.6 Å². The molecule has 1 atom stereocenters. The van der Waals surface area contributed by atoms with E-state index in [-0.39, 0.29) is 5.02 Å². The number of hydrogen-bond donors (Lipinski definition) is 1. The number of methoxy groups -OCH3 is 1. The van der Waals surface area contributed by atoms with Gasteiger partial charge in [0, 0.05) is 12.2 Å². The van der Waals surface area contributed by atoms with Crippen molar-refractivity contribution in [2.24, 2.45) is 5.92 Å². The molecule has 1 N–H and O–H groups in total. The van der Waals surface area contributed by atoms with Crippen molar-refractivity contribution in [3.8, 4) is 11.8 Å². The van der Waals surface area contributed by atoms with Crippen molar-refractivity contribution in [1.82, 2.24) is 0 Å². The molecule has 0 aliphatic rings. The predicted molar refractivity (Wildman–Crippen MR) is 61.7 cm³/mol. The summed E-state index contributed by atoms with van der Waals surface area (Å²) in [6.45, 7) is -0.525. The van der Waals surface area contributed by atoms with E-state index in [2.05, 4.69) is 5.32 Å². The number of ether oxygens (including phenoxy) is 1. The Morgan fingerprint density at radius 2 is 2.17 bits per heavy atom. The molecule has 1 unspecified atom stereocenters. The number of benzene rings is 1. The van der Waals surface area contributed by atoms with Gasteiger partial charge in [0.15, 0.2) is 5.92 Å². The van der Waals surface area contributed by atoms with Crippen molar-refractivity contribution < 1.29 is 17.9 Å². The second-order valence-corrected chi connectivity index (χ2v) is 3.86. The third kappa shape index (κ3) is 3.70. The Hall–Kier alpha value is -1.61. The number of nitriles is 1. The number of nitrogens with one attached hydrogen (secondary N) is 1. The van der Waals surface area contributed by atoms with Crippen molar-refractivity contribution in [3.63, 3.8) is 0 Å². The van der Waals surface area contributed by atoms with Crippen LogP contribution in [0.15, 0.2) is 18.2 Å². The topological polar surface area (TPSA) is 45.0 Å². The van der Waals surface area contributed by atoms with Crippen molar-refractivity contribution in [1.29, 1.82) is 5.26 Å². The van der Waals surface area contributed by atoms with Crippen LogP contribution in [-0.4, -0.2) is 19.8 Å². The Bertz CT molecular complexity index is 457. The lowest BCUT2D eigenvalue weighted by Crippen LogP contribution is -2.28. The number of alkyl halides is 3. The number of anilines is 1. The molecule has 0 bridgehead atoms. The van der Waals surface area contributed by atoms with Gasteiger partial charge in [-0.25, -0.2) is 0 Å². The van der Waals surface area contributed by atoms with E-state index in [1.54, 1.807) is 0 Å². The maximum absolute atomic E-state index is 12.3. The van der Waals surface area contributed by atoms with Gasteiger partial charge in [-0.1, -0.05) is 11.6 Å². The van der Waals surface area contributed by atoms with Gasteiger partial charge in [0.25, 0.3) is 0 Å². The predicted octanol–water partition coefficient (Wildman–Crippen LogP) is 3.46. The van der Waals surface area contributed by atoms with Gasteiger partial charge in [-0.15, -0.1) is 0 Å². The third-order valence-electron chi connectivity index (χ3n) is 2.21. The molecule has 0 fully saturated rings. The lowest BCUT2D eigenvalue weighted by molar-refractivity contribution is -0.155. The first-order chi connectivity index (χ1) is 8.38. The smallest absolute Gasteiger partial charge is 0.406 e. The Labute approximate surface area is 107 Å². The van der Waals surface area contributed by atoms with Crippen LogP contribution in [-0.2, 0) is 0 Å². The fraction of sp³-hybridized carbons (Fsp3) is 0.364. The van der Waals surface area contributed by atoms with E-state index in [0.29, 0.717) is 11.4 Å². The quantitative estimate of drug-likeness (QED) is 0.917. The molecule has 1 rings (SSSR count). The van der Waals surface area contributed by atoms with Crippen molar-refractivity contribution >= 4 is 17.3 Å². The molecular formula is C11H10ClF3N2O. The van der Waals surface area contributed by atoms with Crippen LogP contribution < -0.4 is 10.1 Å². The summed E-state index contributed by atoms with van der Waals surface area (Å²) in [6, 6.07) is 5.69. The van der Waals surface area contributed by atoms with Gasteiger partial charge in [-0.2, -0.15) is 18.4 Å². The molecule has 0 amide bonds. The van der Waals surface area contributed by atoms with Crippen LogP contribution in [0.4, 0.5) is 18.9 Å². The van der Waals surface area contributed by atoms with Crippen LogP contribution in [0.3, 0.4) is 0 Å². The van der Waals surface area contributed by atoms with Crippen LogP contribution in [0.2, 0.25) is 5.02 Å². The van der Waals surface area contributed by atoms with E-state index >= 15 is 0 Å². The molecule has 0 saturated heterocycles. The minimum absolute atomic E-state index is 0.281. The number of rotatable bonds is 4. The summed E-state index contributed by atoms with van der Waals surface area (Å²) in [5.41, 5.74) is 0.394. The Kier molecular flexibility index (Phi) is 4.68. The standard InChI is InChI=1S/C11H10ClF3N2O/c1-18-10-3-2-8(4-9(10)12)17-6-7(5-16)11(13,14)15/h2-4,7,17H,6H2,1H3. The number of hydrogen-bond acceptors (Lipinski definition) is 3. The Balaban J connectivity index is 2.70. The molecule has 0 saturated carbocycles. The van der Waals surface area contributed by atoms with Crippen LogP contribution >= 0.6 is 11.6 Å². The highest BCUT2D eigenvalue weighted by atomic mass is 35.5. The fourth-order valence-electron chi connectivity index (χ4n) is 1.23. The lowest BCUT2D eigenvalue weighted by atomic mass is 10.1. The summed E-state index contributed by atoms with van der Waals surface area (Å²) in [5.74, 6) is -1.63. The molecule has 1 aromatic rings. The average molecular weight is 279 g/mol. The first kappa shape index (κ1) is 14.5. The van der Waals surface area contributed by atoms with E-state index in [9.17, 15) is 13.2 Å². The van der Waals surface area contributed by atoms with Gasteiger partial charge >= 0.3 is 6.18 Å². The molecule has 0 aromatic heterocycles. The molecule has 1 aromatic carbocycles. The second kappa shape index (κ2) is 5.83. The van der Waals surface area contributed by atoms with Gasteiger partial charge in [0.05, 0.1) is 18.2 Å². The molecule has 0 spiro atoms. The third-order valence-corrected chi connectivity index (χ3v) is 2.51. The summed E-state index contributed by atoms with van der Waals surface area (Å²) < 4.78 is 41.8. The van der Waals surface area contributed by atoms with Crippen LogP contribution in [0.25, 0.3) is 0 Å². The zero-order chi connectivity index (χ0) is 13.8. The van der Waals surface area contributed by atoms with Crippen LogP contribution in [0, 0.1) is 17.2 Å². The molecule has 98 valence electrons. The highest BCUT2D eigenvalue weighted by molar-refractivity contribution is 6.32. The monoisotopic (exact) mass is 278 g/mol. The molecule has 7 heteroatoms. The Morgan fingerprint density at radius 1 is 1.50 bits per heavy atom. The summed E-state index contributed by atoms with van der Waals surface area (Å²) in [4.78, 5) is 0. The summed E-state index contributed by atoms with van der Waals surface area (Å²) in [5, 5.41) is 11.2. The lowest BCUT2D eigenvalue weighted by Gasteiger charge is -2.15. The highest BCUT2D eigenvalue weighted by Gasteiger charge is 2.39. The van der Waals surface area contributed by atoms with Gasteiger partial charge in [0.1, 0.15) is 5.75 Å². The second-order valence-electron chi connectivity index (χ2n) is 3.45. The zero-order valence-electron chi connectivity index (χ0n) is 9.38. The molecule has 18 heavy (non-hydrogen) atoms. The maximum Gasteiger partial charge on any atom is 0.406 e. The number of halogens is 4. The first-order valence-electron chi connectivity index (χ1n) is 4.92. The van der Waals surface area contributed by atoms with Crippen molar-refractivity contribution in [3.05, 3.63) is 23.2 Å². The van der Waals surface area contributed by atoms with Gasteiger partial charge in [-0.3, -0.25) is 0 Å². The molecule has 3 nitrogen and oxygen atoms in total. The Morgan fingerprint density at radius 3 is 2.61 bits per heavy atom. The average Bonchev–Trinajstić information content (AvgIpc) is 2.28. The van der Waals surface area contributed by atoms with E-state index in [4.69, 9.17) is 21.6 Å². The number of nitrogens with zero attached hydrogens (tertiary/aromatic N) is 1. The highest BCUT2D eigenvalue weighted by Crippen LogP contribution is 2.29. The largest absolute Gasteiger partial charge is 0.495 e. The van der Waals surface area contributed by atoms with Crippen molar-refractivity contribution in [2.75, 3.05) is 19.0 Å². The minimum atomic E-state index is -4.54. The zero-order valence-corrected chi connectivity index (χ0v) is 10.1. The summed E-state index contributed by atoms with van der Waals surface area (Å²) in [6.07, 6.45) is -4.54. The summed E-state index contributed by atoms with van der Waals surface area (Å²) >= 11 is 5.82. The molecule has 0 aliphatic carbocycles. The molecular weight excluding hydrogens is 269 g/mol. The van der Waals surface area contributed by atoms with Crippen molar-refractivity contribution in [2.45, 2.75) is 6.18 Å². The summed E-state index contributed by atoms with van der Waals surface area (Å²) in [7, 11) is 1.43. The van der Waals surface area contributed by atoms with E-state index in [0.717, 1.165) is 0 Å². The van der Waals surface area contributed by atoms with Gasteiger partial charge in [0.2, 0.25) is 0 Å². The van der Waals surface area contributed by atoms with E-state index in [1.807, 2.05) is 0 Å². The maximum atomic E-state index is 12.3. The van der Waals surface area contributed by atoms with Gasteiger partial charge < -0.3 is 10.1 Å².